The van der Waals surface area contributed by atoms with Gasteiger partial charge in [0.2, 0.25) is 0 Å². The van der Waals surface area contributed by atoms with E-state index < -0.39 is 0 Å². The van der Waals surface area contributed by atoms with E-state index in [1.165, 1.54) is 6.07 Å². The molecule has 106 valence electrons. The third-order valence-corrected chi connectivity index (χ3v) is 4.16. The summed E-state index contributed by atoms with van der Waals surface area (Å²) < 4.78 is 13.7. The van der Waals surface area contributed by atoms with Crippen molar-refractivity contribution in [3.8, 4) is 0 Å². The summed E-state index contributed by atoms with van der Waals surface area (Å²) in [5.74, 6) is -0.205. The molecule has 0 radical (unpaired) electrons. The quantitative estimate of drug-likeness (QED) is 0.905. The maximum atomic E-state index is 13.7. The first-order valence-corrected chi connectivity index (χ1v) is 6.84. The number of nitrogens with two attached hydrogens (primary N) is 1. The summed E-state index contributed by atoms with van der Waals surface area (Å²) in [6.07, 6.45) is 0. The molecule has 0 saturated carbocycles. The SMILES string of the molecule is CN1CCN(CC(N)c2ccccc2F)CC1(C)C. The number of rotatable bonds is 3. The summed E-state index contributed by atoms with van der Waals surface area (Å²) in [6.45, 7) is 8.14. The third-order valence-electron chi connectivity index (χ3n) is 4.16. The Labute approximate surface area is 115 Å². The lowest BCUT2D eigenvalue weighted by molar-refractivity contribution is 0.0370. The van der Waals surface area contributed by atoms with E-state index in [2.05, 4.69) is 30.7 Å². The van der Waals surface area contributed by atoms with Gasteiger partial charge in [-0.3, -0.25) is 9.80 Å². The lowest BCUT2D eigenvalue weighted by atomic mass is 9.98. The fourth-order valence-electron chi connectivity index (χ4n) is 2.65. The van der Waals surface area contributed by atoms with Gasteiger partial charge in [-0.1, -0.05) is 18.2 Å². The molecular weight excluding hydrogens is 241 g/mol. The highest BCUT2D eigenvalue weighted by atomic mass is 19.1. The van der Waals surface area contributed by atoms with Crippen molar-refractivity contribution in [2.45, 2.75) is 25.4 Å². The van der Waals surface area contributed by atoms with Crippen LogP contribution in [0.2, 0.25) is 0 Å². The van der Waals surface area contributed by atoms with Crippen molar-refractivity contribution in [1.29, 1.82) is 0 Å². The van der Waals surface area contributed by atoms with E-state index in [1.807, 2.05) is 6.07 Å². The molecule has 1 unspecified atom stereocenters. The molecule has 1 atom stereocenters. The van der Waals surface area contributed by atoms with Crippen molar-refractivity contribution in [2.24, 2.45) is 5.73 Å². The highest BCUT2D eigenvalue weighted by Crippen LogP contribution is 2.22. The Morgan fingerprint density at radius 1 is 1.32 bits per heavy atom. The average Bonchev–Trinajstić information content (AvgIpc) is 2.34. The fourth-order valence-corrected chi connectivity index (χ4v) is 2.65. The number of nitrogens with zero attached hydrogens (tertiary/aromatic N) is 2. The number of benzene rings is 1. The number of likely N-dealkylation sites (N-methyl/N-ethyl adjacent to an activating group) is 1. The summed E-state index contributed by atoms with van der Waals surface area (Å²) in [5, 5.41) is 0. The van der Waals surface area contributed by atoms with Gasteiger partial charge >= 0.3 is 0 Å². The molecule has 19 heavy (non-hydrogen) atoms. The summed E-state index contributed by atoms with van der Waals surface area (Å²) in [5.41, 5.74) is 6.91. The first-order valence-electron chi connectivity index (χ1n) is 6.84. The van der Waals surface area contributed by atoms with Gasteiger partial charge in [0.15, 0.2) is 0 Å². The Morgan fingerprint density at radius 2 is 2.00 bits per heavy atom. The number of piperazine rings is 1. The molecule has 4 heteroatoms. The molecule has 0 spiro atoms. The minimum Gasteiger partial charge on any atom is -0.323 e. The van der Waals surface area contributed by atoms with Gasteiger partial charge in [0, 0.05) is 43.3 Å². The van der Waals surface area contributed by atoms with Crippen LogP contribution in [0.5, 0.6) is 0 Å². The smallest absolute Gasteiger partial charge is 0.128 e. The number of halogens is 1. The molecule has 0 amide bonds. The Kier molecular flexibility index (Phi) is 4.23. The fraction of sp³-hybridized carbons (Fsp3) is 0.600. The summed E-state index contributed by atoms with van der Waals surface area (Å²) in [7, 11) is 2.15. The van der Waals surface area contributed by atoms with Crippen LogP contribution in [0, 0.1) is 5.82 Å². The highest BCUT2D eigenvalue weighted by molar-refractivity contribution is 5.21. The van der Waals surface area contributed by atoms with Crippen LogP contribution in [0.25, 0.3) is 0 Å². The third kappa shape index (κ3) is 3.32. The van der Waals surface area contributed by atoms with Crippen molar-refractivity contribution >= 4 is 0 Å². The summed E-state index contributed by atoms with van der Waals surface area (Å²) in [6, 6.07) is 6.53. The molecule has 0 aliphatic carbocycles. The van der Waals surface area contributed by atoms with Gasteiger partial charge in [0.05, 0.1) is 0 Å². The first-order chi connectivity index (χ1) is 8.90. The molecule has 0 bridgehead atoms. The van der Waals surface area contributed by atoms with E-state index in [1.54, 1.807) is 12.1 Å². The van der Waals surface area contributed by atoms with Gasteiger partial charge in [0.1, 0.15) is 5.82 Å². The second-order valence-corrected chi connectivity index (χ2v) is 6.10. The van der Waals surface area contributed by atoms with Crippen LogP contribution in [0.3, 0.4) is 0 Å². The van der Waals surface area contributed by atoms with Crippen LogP contribution < -0.4 is 5.73 Å². The molecule has 1 heterocycles. The Balaban J connectivity index is 2.00. The largest absolute Gasteiger partial charge is 0.323 e. The zero-order chi connectivity index (χ0) is 14.0. The van der Waals surface area contributed by atoms with Gasteiger partial charge < -0.3 is 5.73 Å². The zero-order valence-electron chi connectivity index (χ0n) is 12.1. The Bertz CT molecular complexity index is 433. The highest BCUT2D eigenvalue weighted by Gasteiger charge is 2.31. The molecule has 2 N–H and O–H groups in total. The lowest BCUT2D eigenvalue weighted by Crippen LogP contribution is -2.58. The van der Waals surface area contributed by atoms with Crippen molar-refractivity contribution in [2.75, 3.05) is 33.2 Å². The van der Waals surface area contributed by atoms with Gasteiger partial charge in [-0.2, -0.15) is 0 Å². The second-order valence-electron chi connectivity index (χ2n) is 6.10. The van der Waals surface area contributed by atoms with Crippen LogP contribution >= 0.6 is 0 Å². The molecule has 1 aliphatic rings. The maximum absolute atomic E-state index is 13.7. The second kappa shape index (κ2) is 5.57. The van der Waals surface area contributed by atoms with E-state index in [9.17, 15) is 4.39 Å². The average molecular weight is 265 g/mol. The first kappa shape index (κ1) is 14.4. The molecule has 2 rings (SSSR count). The van der Waals surface area contributed by atoms with Crippen LogP contribution in [-0.4, -0.2) is 48.6 Å². The topological polar surface area (TPSA) is 32.5 Å². The van der Waals surface area contributed by atoms with Crippen molar-refractivity contribution < 1.29 is 4.39 Å². The molecule has 3 nitrogen and oxygen atoms in total. The number of hydrogen-bond acceptors (Lipinski definition) is 3. The van der Waals surface area contributed by atoms with E-state index in [-0.39, 0.29) is 17.4 Å². The van der Waals surface area contributed by atoms with E-state index in [4.69, 9.17) is 5.73 Å². The standard InChI is InChI=1S/C15H24FN3/c1-15(2)11-19(9-8-18(15)3)10-14(17)12-6-4-5-7-13(12)16/h4-7,14H,8-11,17H2,1-3H3. The molecule has 0 aromatic heterocycles. The normalized spacial score (nSPS) is 22.4. The van der Waals surface area contributed by atoms with Crippen LogP contribution in [-0.2, 0) is 0 Å². The van der Waals surface area contributed by atoms with Gasteiger partial charge in [0.25, 0.3) is 0 Å². The summed E-state index contributed by atoms with van der Waals surface area (Å²) in [4.78, 5) is 4.69. The molecule has 1 aliphatic heterocycles. The minimum atomic E-state index is -0.264. The Hall–Kier alpha value is -0.970. The molecule has 1 aromatic carbocycles. The van der Waals surface area contributed by atoms with Gasteiger partial charge in [-0.05, 0) is 27.0 Å². The van der Waals surface area contributed by atoms with Gasteiger partial charge in [-0.15, -0.1) is 0 Å². The summed E-state index contributed by atoms with van der Waals surface area (Å²) >= 11 is 0. The van der Waals surface area contributed by atoms with Crippen molar-refractivity contribution in [3.63, 3.8) is 0 Å². The van der Waals surface area contributed by atoms with E-state index >= 15 is 0 Å². The van der Waals surface area contributed by atoms with Crippen LogP contribution in [0.1, 0.15) is 25.5 Å². The monoisotopic (exact) mass is 265 g/mol. The van der Waals surface area contributed by atoms with Crippen molar-refractivity contribution in [3.05, 3.63) is 35.6 Å². The van der Waals surface area contributed by atoms with Crippen LogP contribution in [0.4, 0.5) is 4.39 Å². The number of hydrogen-bond donors (Lipinski definition) is 1. The molecule has 1 saturated heterocycles. The van der Waals surface area contributed by atoms with Gasteiger partial charge in [-0.25, -0.2) is 4.39 Å². The van der Waals surface area contributed by atoms with E-state index in [0.29, 0.717) is 12.1 Å². The molecular formula is C15H24FN3. The van der Waals surface area contributed by atoms with E-state index in [0.717, 1.165) is 19.6 Å². The zero-order valence-corrected chi connectivity index (χ0v) is 12.1. The predicted molar refractivity (Wildman–Crippen MR) is 76.5 cm³/mol. The Morgan fingerprint density at radius 3 is 2.63 bits per heavy atom. The molecule has 1 aromatic rings. The molecule has 1 fully saturated rings. The maximum Gasteiger partial charge on any atom is 0.128 e. The minimum absolute atomic E-state index is 0.146. The lowest BCUT2D eigenvalue weighted by Gasteiger charge is -2.46. The van der Waals surface area contributed by atoms with Crippen LogP contribution in [0.15, 0.2) is 24.3 Å². The predicted octanol–water partition coefficient (Wildman–Crippen LogP) is 1.85. The van der Waals surface area contributed by atoms with Crippen molar-refractivity contribution in [1.82, 2.24) is 9.80 Å².